The van der Waals surface area contributed by atoms with E-state index in [1.165, 1.54) is 52.5 Å². The van der Waals surface area contributed by atoms with E-state index in [-0.39, 0.29) is 64.3 Å². The molecule has 6 N–H and O–H groups in total. The molecule has 0 bridgehead atoms. The third-order valence-corrected chi connectivity index (χ3v) is 16.2. The van der Waals surface area contributed by atoms with Crippen molar-refractivity contribution < 1.29 is 55.5 Å². The topological polar surface area (TPSA) is 258 Å². The van der Waals surface area contributed by atoms with Gasteiger partial charge in [-0.05, 0) is 158 Å². The van der Waals surface area contributed by atoms with Gasteiger partial charge in [0.05, 0.1) is 38.5 Å². The van der Waals surface area contributed by atoms with Gasteiger partial charge in [-0.25, -0.2) is 39.5 Å². The number of anilines is 2. The van der Waals surface area contributed by atoms with Crippen LogP contribution in [0.4, 0.5) is 47.8 Å². The summed E-state index contributed by atoms with van der Waals surface area (Å²) in [5.41, 5.74) is 0.653. The number of fused-ring (bicyclic) bond motifs is 2. The average molecular weight is 1270 g/mol. The summed E-state index contributed by atoms with van der Waals surface area (Å²) >= 11 is 6.31. The Kier molecular flexibility index (Phi) is 19.0. The monoisotopic (exact) mass is 1270 g/mol. The molecule has 10 heterocycles. The van der Waals surface area contributed by atoms with Crippen LogP contribution in [-0.2, 0) is 21.8 Å². The predicted octanol–water partition coefficient (Wildman–Crippen LogP) is 11.6. The highest BCUT2D eigenvalue weighted by Crippen LogP contribution is 2.41. The number of rotatable bonds is 8. The molecule has 10 rings (SSSR count). The smallest absolute Gasteiger partial charge is 0.444 e. The van der Waals surface area contributed by atoms with Gasteiger partial charge in [0.1, 0.15) is 33.6 Å². The molecular formula is C54H62BBrF6N14O6S2. The van der Waals surface area contributed by atoms with E-state index in [1.807, 2.05) is 20.8 Å². The third kappa shape index (κ3) is 15.5. The number of aromatic amines is 2. The van der Waals surface area contributed by atoms with Crippen molar-refractivity contribution in [1.82, 2.24) is 58.4 Å². The Hall–Kier alpha value is -7.02. The van der Waals surface area contributed by atoms with E-state index in [1.54, 1.807) is 63.5 Å². The van der Waals surface area contributed by atoms with Crippen LogP contribution in [-0.4, -0.2) is 137 Å². The number of amides is 2. The second-order valence-electron chi connectivity index (χ2n) is 22.1. The Morgan fingerprint density at radius 1 is 0.667 bits per heavy atom. The van der Waals surface area contributed by atoms with E-state index in [9.17, 15) is 46.0 Å². The molecular weight excluding hydrogens is 1210 g/mol. The first-order chi connectivity index (χ1) is 39.3. The predicted molar refractivity (Wildman–Crippen MR) is 313 cm³/mol. The largest absolute Gasteiger partial charge is 0.508 e. The normalized spacial score (nSPS) is 15.9. The molecule has 20 nitrogen and oxygen atoms in total. The summed E-state index contributed by atoms with van der Waals surface area (Å²) in [7, 11) is -1.82. The van der Waals surface area contributed by atoms with Gasteiger partial charge in [0, 0.05) is 100 Å². The number of hydrogen-bond acceptors (Lipinski definition) is 18. The zero-order valence-corrected chi connectivity index (χ0v) is 50.7. The summed E-state index contributed by atoms with van der Waals surface area (Å²) in [5.74, 6) is 0.0345. The van der Waals surface area contributed by atoms with Crippen LogP contribution in [0, 0.1) is 27.7 Å². The van der Waals surface area contributed by atoms with Gasteiger partial charge in [0.25, 0.3) is 0 Å². The van der Waals surface area contributed by atoms with Gasteiger partial charge in [-0.15, -0.1) is 0 Å². The number of nitrogens with one attached hydrogen (secondary N) is 4. The van der Waals surface area contributed by atoms with E-state index in [2.05, 4.69) is 82.1 Å². The minimum Gasteiger partial charge on any atom is -0.444 e. The van der Waals surface area contributed by atoms with E-state index < -0.39 is 54.0 Å². The number of aryl methyl sites for hydroxylation is 4. The summed E-state index contributed by atoms with van der Waals surface area (Å²) in [6, 6.07) is 5.75. The van der Waals surface area contributed by atoms with Crippen LogP contribution >= 0.6 is 39.0 Å². The number of alkyl halides is 6. The van der Waals surface area contributed by atoms with Gasteiger partial charge in [-0.1, -0.05) is 0 Å². The first kappa shape index (κ1) is 63.0. The molecule has 448 valence electrons. The fourth-order valence-corrected chi connectivity index (χ4v) is 11.0. The molecule has 8 aromatic rings. The number of piperidine rings is 2. The molecule has 0 saturated carbocycles. The van der Waals surface area contributed by atoms with Crippen molar-refractivity contribution in [2.24, 2.45) is 0 Å². The van der Waals surface area contributed by atoms with Crippen LogP contribution in [0.5, 0.6) is 0 Å². The Labute approximate surface area is 496 Å². The number of carbonyl (C=O) groups excluding carboxylic acids is 2. The minimum atomic E-state index is -4.72. The van der Waals surface area contributed by atoms with Gasteiger partial charge in [0.2, 0.25) is 11.9 Å². The highest BCUT2D eigenvalue weighted by atomic mass is 79.9. The molecule has 2 saturated heterocycles. The zero-order valence-electron chi connectivity index (χ0n) is 47.5. The standard InChI is InChI=1S/C27H30F3N7O2S.C22H26BF3N6O4.C5H6BrNS/c1-14-21(15(2)40-36-14)20-9-8-17-18(11-31-23(17)34-20)22-19(27(28,29)30)12-32-24(35-22)33-16-7-6-10-37(13-16)25(38)39-26(3,4)5;1-21(2,3)36-20(33)32-8-4-5-12(11-32)29-19-28-10-15(22(24,25)26)17(31-19)14-9-27-18-13(14)6-7-16(30-18)23(34)35;1-3-5(6)4(2)8-7-3/h8-9,11-12,16H,6-7,10,13H2,1-5H3,(H,31,34)(H,32,33,35);6-7,9-10,12,34-35H,4-5,8,11H2,1-3H3,(H,27,30)(H,28,29,31);1-2H3/t16-;12-;/m00./s1. The molecule has 2 amide bonds. The summed E-state index contributed by atoms with van der Waals surface area (Å²) in [4.78, 5) is 61.2. The van der Waals surface area contributed by atoms with Crippen LogP contribution in [0.25, 0.3) is 55.8 Å². The van der Waals surface area contributed by atoms with Crippen molar-refractivity contribution in [3.05, 3.63) is 85.8 Å². The molecule has 84 heavy (non-hydrogen) atoms. The van der Waals surface area contributed by atoms with Gasteiger partial charge < -0.3 is 49.9 Å². The number of carbonyl (C=O) groups is 2. The quantitative estimate of drug-likeness (QED) is 0.0610. The third-order valence-electron chi connectivity index (χ3n) is 13.1. The molecule has 0 aromatic carbocycles. The molecule has 0 spiro atoms. The Balaban J connectivity index is 0.000000194. The Morgan fingerprint density at radius 2 is 1.12 bits per heavy atom. The molecule has 0 aliphatic carbocycles. The van der Waals surface area contributed by atoms with Crippen molar-refractivity contribution >= 4 is 97.9 Å². The highest BCUT2D eigenvalue weighted by Gasteiger charge is 2.39. The molecule has 0 unspecified atom stereocenters. The SMILES string of the molecule is CC(C)(C)OC(=O)N1CCC[C@H](Nc2ncc(C(F)(F)F)c(-c3c[nH]c4nc(B(O)O)ccc34)n2)C1.Cc1nsc(C)c1-c1ccc2c(-c3nc(N[C@H]4CCCN(C(=O)OC(C)(C)C)C4)ncc3C(F)(F)F)c[nH]c2n1.Cc1nsc(C)c1Br. The first-order valence-corrected chi connectivity index (χ1v) is 28.9. The van der Waals surface area contributed by atoms with Gasteiger partial charge in [-0.3, -0.25) is 0 Å². The van der Waals surface area contributed by atoms with Crippen LogP contribution in [0.3, 0.4) is 0 Å². The summed E-state index contributed by atoms with van der Waals surface area (Å²) in [5, 5.41) is 25.7. The fourth-order valence-electron chi connectivity index (χ4n) is 9.29. The maximum absolute atomic E-state index is 14.1. The molecule has 2 atom stereocenters. The van der Waals surface area contributed by atoms with E-state index in [4.69, 9.17) is 9.47 Å². The second kappa shape index (κ2) is 25.3. The minimum absolute atomic E-state index is 0.0150. The van der Waals surface area contributed by atoms with Crippen LogP contribution in [0.15, 0.2) is 53.5 Å². The van der Waals surface area contributed by atoms with Crippen molar-refractivity contribution in [2.45, 2.75) is 131 Å². The average Bonchev–Trinajstić information content (AvgIpc) is 3.91. The second-order valence-corrected chi connectivity index (χ2v) is 24.8. The maximum atomic E-state index is 14.1. The lowest BCUT2D eigenvalue weighted by Crippen LogP contribution is -2.47. The number of likely N-dealkylation sites (tertiary alicyclic amines) is 2. The zero-order chi connectivity index (χ0) is 61.2. The summed E-state index contributed by atoms with van der Waals surface area (Å²) in [6.45, 7) is 20.3. The molecule has 2 aliphatic heterocycles. The van der Waals surface area contributed by atoms with Crippen LogP contribution in [0.1, 0.15) is 99.5 Å². The van der Waals surface area contributed by atoms with E-state index in [0.29, 0.717) is 67.4 Å². The summed E-state index contributed by atoms with van der Waals surface area (Å²) < 4.78 is 104. The number of hydrogen-bond donors (Lipinski definition) is 6. The van der Waals surface area contributed by atoms with Crippen molar-refractivity contribution in [3.63, 3.8) is 0 Å². The number of halogens is 7. The first-order valence-electron chi connectivity index (χ1n) is 26.6. The van der Waals surface area contributed by atoms with Crippen molar-refractivity contribution in [1.29, 1.82) is 0 Å². The Morgan fingerprint density at radius 3 is 1.51 bits per heavy atom. The lowest BCUT2D eigenvalue weighted by molar-refractivity contribution is -0.138. The van der Waals surface area contributed by atoms with Crippen molar-refractivity contribution in [2.75, 3.05) is 36.8 Å². The lowest BCUT2D eigenvalue weighted by atomic mass is 9.85. The molecule has 0 radical (unpaired) electrons. The Bertz CT molecular complexity index is 3620. The molecule has 2 fully saturated rings. The molecule has 30 heteroatoms. The van der Waals surface area contributed by atoms with E-state index in [0.717, 1.165) is 38.7 Å². The summed E-state index contributed by atoms with van der Waals surface area (Å²) in [6.07, 6.45) is -3.18. The van der Waals surface area contributed by atoms with Gasteiger partial charge in [0.15, 0.2) is 0 Å². The number of nitrogens with zero attached hydrogens (tertiary/aromatic N) is 10. The lowest BCUT2D eigenvalue weighted by Gasteiger charge is -2.34. The number of aromatic nitrogens is 10. The number of pyridine rings is 2. The number of H-pyrrole nitrogens is 2. The molecule has 2 aliphatic rings. The molecule has 8 aromatic heterocycles. The van der Waals surface area contributed by atoms with Crippen LogP contribution in [0.2, 0.25) is 0 Å². The maximum Gasteiger partial charge on any atom is 0.508 e. The van der Waals surface area contributed by atoms with Crippen LogP contribution < -0.4 is 16.2 Å². The number of ether oxygens (including phenoxy) is 2. The fraction of sp³-hybridized carbons (Fsp3) is 0.444. The van der Waals surface area contributed by atoms with E-state index >= 15 is 0 Å². The highest BCUT2D eigenvalue weighted by molar-refractivity contribution is 9.10. The van der Waals surface area contributed by atoms with Crippen molar-refractivity contribution in [3.8, 4) is 33.8 Å². The van der Waals surface area contributed by atoms with Gasteiger partial charge in [-0.2, -0.15) is 35.1 Å². The van der Waals surface area contributed by atoms with Gasteiger partial charge >= 0.3 is 31.7 Å².